The van der Waals surface area contributed by atoms with E-state index in [-0.39, 0.29) is 10.6 Å². The maximum Gasteiger partial charge on any atom is 0.311 e. The maximum absolute atomic E-state index is 11.0. The fraction of sp³-hybridized carbons (Fsp3) is 0.538. The molecule has 1 saturated carbocycles. The molecule has 0 aromatic heterocycles. The normalized spacial score (nSPS) is 15.8. The number of benzene rings is 1. The van der Waals surface area contributed by atoms with Crippen molar-refractivity contribution in [3.63, 3.8) is 0 Å². The summed E-state index contributed by atoms with van der Waals surface area (Å²) in [5, 5.41) is 11.6. The molecule has 1 aliphatic rings. The van der Waals surface area contributed by atoms with E-state index in [1.807, 2.05) is 6.07 Å². The molecule has 0 spiro atoms. The Labute approximate surface area is 115 Å². The molecule has 0 radical (unpaired) electrons. The number of rotatable bonds is 5. The largest absolute Gasteiger partial charge is 0.487 e. The molecule has 0 heterocycles. The van der Waals surface area contributed by atoms with Crippen molar-refractivity contribution in [1.82, 2.24) is 0 Å². The van der Waals surface area contributed by atoms with Crippen molar-refractivity contribution in [3.8, 4) is 5.75 Å². The van der Waals surface area contributed by atoms with Gasteiger partial charge in [0, 0.05) is 11.4 Å². The monoisotopic (exact) mass is 313 g/mol. The molecule has 0 amide bonds. The summed E-state index contributed by atoms with van der Waals surface area (Å²) in [5.74, 6) is 0.942. The van der Waals surface area contributed by atoms with Crippen LogP contribution in [0.1, 0.15) is 31.2 Å². The van der Waals surface area contributed by atoms with Crippen molar-refractivity contribution in [2.24, 2.45) is 5.92 Å². The van der Waals surface area contributed by atoms with E-state index < -0.39 is 0 Å². The van der Waals surface area contributed by atoms with Crippen LogP contribution in [0, 0.1) is 16.0 Å². The van der Waals surface area contributed by atoms with E-state index in [0.29, 0.717) is 23.6 Å². The molecular formula is C13H16BrNO3. The predicted octanol–water partition coefficient (Wildman–Crippen LogP) is 4.06. The lowest BCUT2D eigenvalue weighted by molar-refractivity contribution is -0.386. The Hall–Kier alpha value is -1.10. The molecule has 1 fully saturated rings. The van der Waals surface area contributed by atoms with Crippen LogP contribution in [-0.4, -0.2) is 11.5 Å². The van der Waals surface area contributed by atoms with Crippen LogP contribution in [0.5, 0.6) is 5.75 Å². The van der Waals surface area contributed by atoms with Crippen LogP contribution < -0.4 is 4.74 Å². The SMILES string of the molecule is O=[N+]([O-])c1cc(CBr)ccc1OCC1CCCC1. The molecular weight excluding hydrogens is 298 g/mol. The molecule has 5 heteroatoms. The van der Waals surface area contributed by atoms with Gasteiger partial charge in [0.05, 0.1) is 11.5 Å². The zero-order chi connectivity index (χ0) is 13.0. The van der Waals surface area contributed by atoms with Crippen LogP contribution in [-0.2, 0) is 5.33 Å². The summed E-state index contributed by atoms with van der Waals surface area (Å²) in [6, 6.07) is 5.12. The smallest absolute Gasteiger partial charge is 0.311 e. The lowest BCUT2D eigenvalue weighted by atomic mass is 10.1. The minimum atomic E-state index is -0.379. The molecule has 98 valence electrons. The van der Waals surface area contributed by atoms with Gasteiger partial charge in [-0.1, -0.05) is 34.8 Å². The van der Waals surface area contributed by atoms with Gasteiger partial charge in [-0.2, -0.15) is 0 Å². The van der Waals surface area contributed by atoms with Crippen LogP contribution >= 0.6 is 15.9 Å². The second-order valence-electron chi connectivity index (χ2n) is 4.65. The quantitative estimate of drug-likeness (QED) is 0.468. The number of nitrogens with zero attached hydrogens (tertiary/aromatic N) is 1. The van der Waals surface area contributed by atoms with E-state index >= 15 is 0 Å². The predicted molar refractivity (Wildman–Crippen MR) is 73.2 cm³/mol. The van der Waals surface area contributed by atoms with Gasteiger partial charge in [-0.25, -0.2) is 0 Å². The molecule has 1 aliphatic carbocycles. The molecule has 0 saturated heterocycles. The second-order valence-corrected chi connectivity index (χ2v) is 5.22. The summed E-state index contributed by atoms with van der Waals surface area (Å²) in [6.45, 7) is 0.592. The molecule has 0 unspecified atom stereocenters. The number of hydrogen-bond donors (Lipinski definition) is 0. The number of hydrogen-bond acceptors (Lipinski definition) is 3. The Kier molecular flexibility index (Phi) is 4.58. The van der Waals surface area contributed by atoms with Gasteiger partial charge in [0.2, 0.25) is 0 Å². The van der Waals surface area contributed by atoms with Crippen molar-refractivity contribution in [3.05, 3.63) is 33.9 Å². The van der Waals surface area contributed by atoms with E-state index in [9.17, 15) is 10.1 Å². The van der Waals surface area contributed by atoms with Gasteiger partial charge in [-0.05, 0) is 30.4 Å². The summed E-state index contributed by atoms with van der Waals surface area (Å²) < 4.78 is 5.62. The third-order valence-corrected chi connectivity index (χ3v) is 3.97. The first-order valence-corrected chi connectivity index (χ1v) is 7.29. The Morgan fingerprint density at radius 3 is 2.72 bits per heavy atom. The highest BCUT2D eigenvalue weighted by Crippen LogP contribution is 2.31. The summed E-state index contributed by atoms with van der Waals surface area (Å²) >= 11 is 3.29. The first-order chi connectivity index (χ1) is 8.70. The lowest BCUT2D eigenvalue weighted by Gasteiger charge is -2.11. The molecule has 1 aromatic carbocycles. The van der Waals surface area contributed by atoms with Gasteiger partial charge in [0.15, 0.2) is 5.75 Å². The van der Waals surface area contributed by atoms with Crippen molar-refractivity contribution in [2.45, 2.75) is 31.0 Å². The van der Waals surface area contributed by atoms with Crippen LogP contribution in [0.25, 0.3) is 0 Å². The molecule has 4 nitrogen and oxygen atoms in total. The zero-order valence-corrected chi connectivity index (χ0v) is 11.7. The zero-order valence-electron chi connectivity index (χ0n) is 10.1. The average Bonchev–Trinajstić information content (AvgIpc) is 2.89. The number of ether oxygens (including phenoxy) is 1. The van der Waals surface area contributed by atoms with Crippen LogP contribution in [0.15, 0.2) is 18.2 Å². The minimum absolute atomic E-state index is 0.0601. The van der Waals surface area contributed by atoms with Crippen LogP contribution in [0.3, 0.4) is 0 Å². The molecule has 18 heavy (non-hydrogen) atoms. The summed E-state index contributed by atoms with van der Waals surface area (Å²) in [5.41, 5.74) is 0.944. The van der Waals surface area contributed by atoms with Gasteiger partial charge in [-0.15, -0.1) is 0 Å². The third-order valence-electron chi connectivity index (χ3n) is 3.32. The Morgan fingerprint density at radius 1 is 1.39 bits per heavy atom. The summed E-state index contributed by atoms with van der Waals surface area (Å²) in [6.07, 6.45) is 4.85. The van der Waals surface area contributed by atoms with Gasteiger partial charge in [-0.3, -0.25) is 10.1 Å². The molecule has 2 rings (SSSR count). The highest BCUT2D eigenvalue weighted by molar-refractivity contribution is 9.08. The molecule has 0 aliphatic heterocycles. The van der Waals surface area contributed by atoms with Crippen LogP contribution in [0.2, 0.25) is 0 Å². The lowest BCUT2D eigenvalue weighted by Crippen LogP contribution is -2.09. The van der Waals surface area contributed by atoms with Gasteiger partial charge >= 0.3 is 5.69 Å². The number of alkyl halides is 1. The highest BCUT2D eigenvalue weighted by Gasteiger charge is 2.19. The highest BCUT2D eigenvalue weighted by atomic mass is 79.9. The fourth-order valence-corrected chi connectivity index (χ4v) is 2.64. The summed E-state index contributed by atoms with van der Waals surface area (Å²) in [4.78, 5) is 10.6. The van der Waals surface area contributed by atoms with Gasteiger partial charge in [0.25, 0.3) is 0 Å². The Morgan fingerprint density at radius 2 is 2.11 bits per heavy atom. The third kappa shape index (κ3) is 3.22. The molecule has 0 N–H and O–H groups in total. The molecule has 0 atom stereocenters. The second kappa shape index (κ2) is 6.18. The maximum atomic E-state index is 11.0. The van der Waals surface area contributed by atoms with E-state index in [1.54, 1.807) is 12.1 Å². The van der Waals surface area contributed by atoms with E-state index in [1.165, 1.54) is 25.7 Å². The average molecular weight is 314 g/mol. The standard InChI is InChI=1S/C13H16BrNO3/c14-8-11-5-6-13(12(7-11)15(16)17)18-9-10-3-1-2-4-10/h5-7,10H,1-4,8-9H2. The van der Waals surface area contributed by atoms with Crippen molar-refractivity contribution >= 4 is 21.6 Å². The van der Waals surface area contributed by atoms with E-state index in [2.05, 4.69) is 15.9 Å². The van der Waals surface area contributed by atoms with Gasteiger partial charge < -0.3 is 4.74 Å². The Balaban J connectivity index is 2.08. The topological polar surface area (TPSA) is 52.4 Å². The van der Waals surface area contributed by atoms with Crippen molar-refractivity contribution in [2.75, 3.05) is 6.61 Å². The van der Waals surface area contributed by atoms with Crippen LogP contribution in [0.4, 0.5) is 5.69 Å². The summed E-state index contributed by atoms with van der Waals surface area (Å²) in [7, 11) is 0. The van der Waals surface area contributed by atoms with Crippen molar-refractivity contribution < 1.29 is 9.66 Å². The first kappa shape index (κ1) is 13.3. The van der Waals surface area contributed by atoms with Crippen molar-refractivity contribution in [1.29, 1.82) is 0 Å². The number of nitro benzene ring substituents is 1. The fourth-order valence-electron chi connectivity index (χ4n) is 2.30. The molecule has 0 bridgehead atoms. The number of nitro groups is 1. The Bertz CT molecular complexity index is 430. The van der Waals surface area contributed by atoms with E-state index in [4.69, 9.17) is 4.74 Å². The van der Waals surface area contributed by atoms with E-state index in [0.717, 1.165) is 5.56 Å². The first-order valence-electron chi connectivity index (χ1n) is 6.17. The number of halogens is 1. The molecule has 1 aromatic rings. The van der Waals surface area contributed by atoms with Gasteiger partial charge in [0.1, 0.15) is 0 Å². The minimum Gasteiger partial charge on any atom is -0.487 e.